The molecule has 5 nitrogen and oxygen atoms in total. The van der Waals surface area contributed by atoms with Gasteiger partial charge in [0.2, 0.25) is 0 Å². The number of hydrogen-bond acceptors (Lipinski definition) is 5. The first kappa shape index (κ1) is 15.4. The van der Waals surface area contributed by atoms with E-state index in [0.29, 0.717) is 22.4 Å². The fourth-order valence-corrected chi connectivity index (χ4v) is 2.12. The van der Waals surface area contributed by atoms with Gasteiger partial charge in [-0.3, -0.25) is 0 Å². The van der Waals surface area contributed by atoms with E-state index in [2.05, 4.69) is 20.6 Å². The predicted octanol–water partition coefficient (Wildman–Crippen LogP) is 3.93. The summed E-state index contributed by atoms with van der Waals surface area (Å²) in [7, 11) is 1.61. The lowest BCUT2D eigenvalue weighted by molar-refractivity contribution is 0.416. The van der Waals surface area contributed by atoms with Gasteiger partial charge >= 0.3 is 0 Å². The molecule has 2 N–H and O–H groups in total. The van der Waals surface area contributed by atoms with Crippen LogP contribution in [0.5, 0.6) is 5.75 Å². The molecule has 2 rings (SSSR count). The normalized spacial score (nSPS) is 10.3. The molecular weight excluding hydrogens is 288 g/mol. The van der Waals surface area contributed by atoms with Crippen LogP contribution in [0.1, 0.15) is 18.3 Å². The highest BCUT2D eigenvalue weighted by Crippen LogP contribution is 2.32. The number of aromatic nitrogens is 2. The second-order valence-electron chi connectivity index (χ2n) is 4.64. The van der Waals surface area contributed by atoms with Gasteiger partial charge < -0.3 is 15.4 Å². The van der Waals surface area contributed by atoms with Crippen molar-refractivity contribution in [3.8, 4) is 5.75 Å². The molecule has 0 bridgehead atoms. The largest absolute Gasteiger partial charge is 0.495 e. The number of anilines is 3. The number of rotatable bonds is 5. The van der Waals surface area contributed by atoms with Gasteiger partial charge in [0, 0.05) is 23.7 Å². The molecule has 1 heterocycles. The fraction of sp³-hybridized carbons (Fsp3) is 0.333. The van der Waals surface area contributed by atoms with Gasteiger partial charge in [-0.25, -0.2) is 9.97 Å². The zero-order chi connectivity index (χ0) is 15.4. The van der Waals surface area contributed by atoms with Crippen molar-refractivity contribution < 1.29 is 4.74 Å². The van der Waals surface area contributed by atoms with Crippen molar-refractivity contribution >= 4 is 28.9 Å². The van der Waals surface area contributed by atoms with E-state index >= 15 is 0 Å². The van der Waals surface area contributed by atoms with Crippen LogP contribution < -0.4 is 15.4 Å². The lowest BCUT2D eigenvalue weighted by Gasteiger charge is -2.14. The van der Waals surface area contributed by atoms with Crippen molar-refractivity contribution in [3.63, 3.8) is 0 Å². The van der Waals surface area contributed by atoms with Crippen molar-refractivity contribution in [2.75, 3.05) is 24.3 Å². The molecule has 6 heteroatoms. The number of aryl methyl sites for hydroxylation is 2. The molecule has 1 aromatic heterocycles. The summed E-state index contributed by atoms with van der Waals surface area (Å²) in [4.78, 5) is 8.71. The number of methoxy groups -OCH3 is 1. The minimum atomic E-state index is 0.671. The second kappa shape index (κ2) is 6.63. The maximum Gasteiger partial charge on any atom is 0.143 e. The topological polar surface area (TPSA) is 59.1 Å². The van der Waals surface area contributed by atoms with Crippen molar-refractivity contribution in [1.29, 1.82) is 0 Å². The van der Waals surface area contributed by atoms with Crippen molar-refractivity contribution in [3.05, 3.63) is 34.6 Å². The van der Waals surface area contributed by atoms with Crippen LogP contribution in [-0.4, -0.2) is 23.6 Å². The molecule has 0 radical (unpaired) electrons. The predicted molar refractivity (Wildman–Crippen MR) is 87.0 cm³/mol. The van der Waals surface area contributed by atoms with Gasteiger partial charge in [0.1, 0.15) is 23.2 Å². The first-order chi connectivity index (χ1) is 10.0. The Morgan fingerprint density at radius 1 is 1.14 bits per heavy atom. The van der Waals surface area contributed by atoms with Crippen LogP contribution in [0.3, 0.4) is 0 Å². The Morgan fingerprint density at radius 2 is 1.86 bits per heavy atom. The number of halogens is 1. The Labute approximate surface area is 129 Å². The molecule has 0 aliphatic carbocycles. The zero-order valence-corrected chi connectivity index (χ0v) is 13.4. The highest BCUT2D eigenvalue weighted by molar-refractivity contribution is 6.31. The van der Waals surface area contributed by atoms with E-state index in [1.807, 2.05) is 32.9 Å². The van der Waals surface area contributed by atoms with Gasteiger partial charge in [0.05, 0.1) is 12.8 Å². The number of nitrogens with zero attached hydrogens (tertiary/aromatic N) is 2. The van der Waals surface area contributed by atoms with E-state index in [1.54, 1.807) is 13.2 Å². The minimum absolute atomic E-state index is 0.671. The Kier molecular flexibility index (Phi) is 4.85. The summed E-state index contributed by atoms with van der Waals surface area (Å²) in [6.45, 7) is 6.63. The molecule has 0 aliphatic heterocycles. The van der Waals surface area contributed by atoms with E-state index in [0.717, 1.165) is 23.6 Å². The Balaban J connectivity index is 2.35. The van der Waals surface area contributed by atoms with E-state index in [-0.39, 0.29) is 0 Å². The second-order valence-corrected chi connectivity index (χ2v) is 5.05. The number of ether oxygens (including phenoxy) is 1. The molecule has 0 spiro atoms. The van der Waals surface area contributed by atoms with Crippen molar-refractivity contribution in [1.82, 2.24) is 9.97 Å². The van der Waals surface area contributed by atoms with E-state index in [1.165, 1.54) is 0 Å². The van der Waals surface area contributed by atoms with E-state index in [9.17, 15) is 0 Å². The zero-order valence-electron chi connectivity index (χ0n) is 12.6. The maximum atomic E-state index is 6.12. The summed E-state index contributed by atoms with van der Waals surface area (Å²) < 4.78 is 5.36. The van der Waals surface area contributed by atoms with Gasteiger partial charge in [-0.15, -0.1) is 0 Å². The van der Waals surface area contributed by atoms with Crippen LogP contribution in [-0.2, 0) is 0 Å². The van der Waals surface area contributed by atoms with Gasteiger partial charge in [-0.1, -0.05) is 11.6 Å². The Hall–Kier alpha value is -2.01. The standard InChI is InChI=1S/C15H19ClN4O/c1-5-17-14-8-15(19-10(3)18-14)20-12-6-9(2)11(16)7-13(12)21-4/h6-8H,5H2,1-4H3,(H2,17,18,19,20). The highest BCUT2D eigenvalue weighted by atomic mass is 35.5. The third kappa shape index (κ3) is 3.76. The van der Waals surface area contributed by atoms with Crippen molar-refractivity contribution in [2.45, 2.75) is 20.8 Å². The monoisotopic (exact) mass is 306 g/mol. The van der Waals surface area contributed by atoms with Gasteiger partial charge in [-0.2, -0.15) is 0 Å². The van der Waals surface area contributed by atoms with E-state index in [4.69, 9.17) is 16.3 Å². The molecule has 0 atom stereocenters. The molecule has 0 unspecified atom stereocenters. The van der Waals surface area contributed by atoms with Crippen LogP contribution in [0.15, 0.2) is 18.2 Å². The fourth-order valence-electron chi connectivity index (χ4n) is 1.97. The smallest absolute Gasteiger partial charge is 0.143 e. The molecular formula is C15H19ClN4O. The van der Waals surface area contributed by atoms with Crippen LogP contribution in [0.25, 0.3) is 0 Å². The average molecular weight is 307 g/mol. The molecule has 21 heavy (non-hydrogen) atoms. The van der Waals surface area contributed by atoms with Gasteiger partial charge in [0.15, 0.2) is 0 Å². The van der Waals surface area contributed by atoms with Crippen LogP contribution >= 0.6 is 11.6 Å². The summed E-state index contributed by atoms with van der Waals surface area (Å²) in [6, 6.07) is 5.59. The highest BCUT2D eigenvalue weighted by Gasteiger charge is 2.09. The van der Waals surface area contributed by atoms with Crippen LogP contribution in [0.2, 0.25) is 5.02 Å². The quantitative estimate of drug-likeness (QED) is 0.876. The molecule has 0 fully saturated rings. The van der Waals surface area contributed by atoms with Crippen LogP contribution in [0.4, 0.5) is 17.3 Å². The average Bonchev–Trinajstić information content (AvgIpc) is 2.42. The van der Waals surface area contributed by atoms with Crippen molar-refractivity contribution in [2.24, 2.45) is 0 Å². The van der Waals surface area contributed by atoms with E-state index < -0.39 is 0 Å². The van der Waals surface area contributed by atoms with Gasteiger partial charge in [0.25, 0.3) is 0 Å². The van der Waals surface area contributed by atoms with Crippen LogP contribution in [0, 0.1) is 13.8 Å². The SMILES string of the molecule is CCNc1cc(Nc2cc(C)c(Cl)cc2OC)nc(C)n1. The summed E-state index contributed by atoms with van der Waals surface area (Å²) in [5, 5.41) is 7.11. The summed E-state index contributed by atoms with van der Waals surface area (Å²) in [6.07, 6.45) is 0. The molecule has 0 amide bonds. The lowest BCUT2D eigenvalue weighted by Crippen LogP contribution is -2.04. The number of nitrogens with one attached hydrogen (secondary N) is 2. The summed E-state index contributed by atoms with van der Waals surface area (Å²) in [5.41, 5.74) is 1.79. The summed E-state index contributed by atoms with van der Waals surface area (Å²) >= 11 is 6.12. The number of hydrogen-bond donors (Lipinski definition) is 2. The molecule has 0 saturated heterocycles. The first-order valence-electron chi connectivity index (χ1n) is 6.74. The lowest BCUT2D eigenvalue weighted by atomic mass is 10.2. The third-order valence-corrected chi connectivity index (χ3v) is 3.35. The Morgan fingerprint density at radius 3 is 2.52 bits per heavy atom. The third-order valence-electron chi connectivity index (χ3n) is 2.94. The number of benzene rings is 1. The molecule has 1 aromatic carbocycles. The molecule has 0 saturated carbocycles. The maximum absolute atomic E-state index is 6.12. The minimum Gasteiger partial charge on any atom is -0.495 e. The summed E-state index contributed by atoms with van der Waals surface area (Å²) in [5.74, 6) is 2.86. The molecule has 0 aliphatic rings. The first-order valence-corrected chi connectivity index (χ1v) is 7.12. The molecule has 112 valence electrons. The molecule has 2 aromatic rings. The van der Waals surface area contributed by atoms with Gasteiger partial charge in [-0.05, 0) is 32.4 Å². The Bertz CT molecular complexity index is 646.